The van der Waals surface area contributed by atoms with Crippen LogP contribution in [0.5, 0.6) is 0 Å². The summed E-state index contributed by atoms with van der Waals surface area (Å²) in [5.41, 5.74) is 6.87. The molecule has 0 atom stereocenters. The van der Waals surface area contributed by atoms with Gasteiger partial charge in [-0.25, -0.2) is 9.99 Å². The van der Waals surface area contributed by atoms with E-state index >= 15 is 0 Å². The van der Waals surface area contributed by atoms with Gasteiger partial charge in [0.15, 0.2) is 0 Å². The molecule has 0 saturated carbocycles. The topological polar surface area (TPSA) is 50.2 Å². The van der Waals surface area contributed by atoms with Gasteiger partial charge >= 0.3 is 5.91 Å². The SMILES string of the molecule is Cc1ccc(Cl)cc1Cl.Cc1nc(C(=O)NN2CCCCC2)n(C)c1C1=CCC=C(Cl)C=C1. The first kappa shape index (κ1) is 25.6. The summed E-state index contributed by atoms with van der Waals surface area (Å²) in [6.45, 7) is 5.68. The summed E-state index contributed by atoms with van der Waals surface area (Å²) in [6, 6.07) is 5.45. The van der Waals surface area contributed by atoms with Crippen LogP contribution in [0.1, 0.15) is 53.3 Å². The van der Waals surface area contributed by atoms with Crippen LogP contribution in [0.2, 0.25) is 10.0 Å². The second-order valence-corrected chi connectivity index (χ2v) is 9.41. The number of hydrogen-bond acceptors (Lipinski definition) is 3. The van der Waals surface area contributed by atoms with Crippen LogP contribution in [-0.2, 0) is 7.05 Å². The third kappa shape index (κ3) is 6.97. The molecule has 0 bridgehead atoms. The van der Waals surface area contributed by atoms with Crippen molar-refractivity contribution in [3.05, 3.63) is 80.4 Å². The number of nitrogens with zero attached hydrogens (tertiary/aromatic N) is 3. The maximum atomic E-state index is 12.6. The second kappa shape index (κ2) is 11.9. The number of hydrogen-bond donors (Lipinski definition) is 1. The molecule has 1 amide bonds. The minimum Gasteiger partial charge on any atom is -0.323 e. The maximum Gasteiger partial charge on any atom is 0.301 e. The van der Waals surface area contributed by atoms with Gasteiger partial charge in [0.2, 0.25) is 5.82 Å². The number of aromatic nitrogens is 2. The molecule has 5 nitrogen and oxygen atoms in total. The van der Waals surface area contributed by atoms with E-state index in [9.17, 15) is 4.79 Å². The first-order chi connectivity index (χ1) is 15.8. The predicted octanol–water partition coefficient (Wildman–Crippen LogP) is 6.63. The Balaban J connectivity index is 0.000000286. The Hall–Kier alpha value is -2.05. The van der Waals surface area contributed by atoms with Crippen molar-refractivity contribution < 1.29 is 4.79 Å². The van der Waals surface area contributed by atoms with E-state index in [0.29, 0.717) is 10.8 Å². The molecule has 1 aliphatic carbocycles. The summed E-state index contributed by atoms with van der Waals surface area (Å²) in [4.78, 5) is 17.1. The fourth-order valence-electron chi connectivity index (χ4n) is 3.79. The van der Waals surface area contributed by atoms with Crippen LogP contribution in [0.25, 0.3) is 5.57 Å². The number of rotatable bonds is 3. The zero-order valence-electron chi connectivity index (χ0n) is 19.2. The number of carbonyl (C=O) groups excluding carboxylic acids is 1. The molecule has 1 N–H and O–H groups in total. The Morgan fingerprint density at radius 3 is 2.42 bits per heavy atom. The molecule has 1 saturated heterocycles. The number of aryl methyl sites for hydroxylation is 2. The maximum absolute atomic E-state index is 12.6. The second-order valence-electron chi connectivity index (χ2n) is 8.13. The van der Waals surface area contributed by atoms with Crippen LogP contribution >= 0.6 is 34.8 Å². The fourth-order valence-corrected chi connectivity index (χ4v) is 4.35. The average molecular weight is 508 g/mol. The summed E-state index contributed by atoms with van der Waals surface area (Å²) < 4.78 is 1.87. The normalized spacial score (nSPS) is 16.3. The van der Waals surface area contributed by atoms with Gasteiger partial charge in [-0.1, -0.05) is 65.5 Å². The van der Waals surface area contributed by atoms with E-state index in [1.54, 1.807) is 6.07 Å². The van der Waals surface area contributed by atoms with Crippen molar-refractivity contribution in [2.45, 2.75) is 39.5 Å². The van der Waals surface area contributed by atoms with Gasteiger partial charge in [-0.3, -0.25) is 10.2 Å². The van der Waals surface area contributed by atoms with Crippen molar-refractivity contribution in [3.8, 4) is 0 Å². The summed E-state index contributed by atoms with van der Waals surface area (Å²) in [6.07, 6.45) is 12.1. The molecule has 2 aromatic rings. The summed E-state index contributed by atoms with van der Waals surface area (Å²) in [5, 5.41) is 4.13. The highest BCUT2D eigenvalue weighted by atomic mass is 35.5. The minimum absolute atomic E-state index is 0.150. The number of nitrogens with one attached hydrogen (secondary N) is 1. The molecule has 1 fully saturated rings. The van der Waals surface area contributed by atoms with Crippen molar-refractivity contribution in [2.24, 2.45) is 7.05 Å². The lowest BCUT2D eigenvalue weighted by molar-refractivity contribution is 0.0735. The van der Waals surface area contributed by atoms with E-state index in [4.69, 9.17) is 34.8 Å². The van der Waals surface area contributed by atoms with Gasteiger partial charge in [-0.2, -0.15) is 0 Å². The molecule has 8 heteroatoms. The quantitative estimate of drug-likeness (QED) is 0.507. The van der Waals surface area contributed by atoms with Crippen molar-refractivity contribution in [2.75, 3.05) is 13.1 Å². The van der Waals surface area contributed by atoms with Crippen LogP contribution in [0, 0.1) is 13.8 Å². The number of carbonyl (C=O) groups is 1. The zero-order valence-corrected chi connectivity index (χ0v) is 21.4. The molecule has 2 aliphatic rings. The number of amides is 1. The number of hydrazine groups is 1. The van der Waals surface area contributed by atoms with Gasteiger partial charge in [0, 0.05) is 35.2 Å². The van der Waals surface area contributed by atoms with E-state index in [1.165, 1.54) is 6.42 Å². The highest BCUT2D eigenvalue weighted by Gasteiger charge is 2.22. The van der Waals surface area contributed by atoms with E-state index in [0.717, 1.165) is 64.9 Å². The van der Waals surface area contributed by atoms with E-state index in [1.807, 2.05) is 60.8 Å². The fraction of sp³-hybridized carbons (Fsp3) is 0.360. The van der Waals surface area contributed by atoms with Crippen molar-refractivity contribution >= 4 is 46.3 Å². The highest BCUT2D eigenvalue weighted by Crippen LogP contribution is 2.25. The minimum atomic E-state index is -0.150. The number of allylic oxidation sites excluding steroid dienone is 6. The number of piperidine rings is 1. The van der Waals surface area contributed by atoms with Gasteiger partial charge < -0.3 is 4.57 Å². The lowest BCUT2D eigenvalue weighted by atomic mass is 10.1. The number of imidazole rings is 1. The lowest BCUT2D eigenvalue weighted by Gasteiger charge is -2.26. The lowest BCUT2D eigenvalue weighted by Crippen LogP contribution is -2.45. The number of halogens is 3. The Morgan fingerprint density at radius 2 is 1.76 bits per heavy atom. The van der Waals surface area contributed by atoms with E-state index in [2.05, 4.69) is 16.5 Å². The molecular weight excluding hydrogens is 479 g/mol. The Morgan fingerprint density at radius 1 is 1.03 bits per heavy atom. The summed E-state index contributed by atoms with van der Waals surface area (Å²) in [5.74, 6) is 0.286. The molecule has 2 heterocycles. The van der Waals surface area contributed by atoms with E-state index < -0.39 is 0 Å². The van der Waals surface area contributed by atoms with Crippen molar-refractivity contribution in [3.63, 3.8) is 0 Å². The van der Waals surface area contributed by atoms with Crippen LogP contribution in [0.4, 0.5) is 0 Å². The molecule has 1 aromatic carbocycles. The number of benzene rings is 1. The molecule has 176 valence electrons. The molecule has 33 heavy (non-hydrogen) atoms. The van der Waals surface area contributed by atoms with Gasteiger partial charge in [0.05, 0.1) is 11.4 Å². The van der Waals surface area contributed by atoms with Crippen LogP contribution < -0.4 is 5.43 Å². The monoisotopic (exact) mass is 506 g/mol. The summed E-state index contributed by atoms with van der Waals surface area (Å²) in [7, 11) is 1.88. The molecule has 0 unspecified atom stereocenters. The molecular formula is C25H29Cl3N4O. The van der Waals surface area contributed by atoms with Gasteiger partial charge in [-0.05, 0) is 62.5 Å². The third-order valence-electron chi connectivity index (χ3n) is 5.57. The predicted molar refractivity (Wildman–Crippen MR) is 138 cm³/mol. The standard InChI is InChI=1S/C18H23ClN4O.C7H6Cl2/c1-13-16(14-7-6-8-15(19)10-9-14)22(2)17(20-13)18(24)21-23-11-4-3-5-12-23;1-5-2-3-6(8)4-7(5)9/h7-10H,3-6,11-12H2,1-2H3,(H,21,24);2-4H,1H3. The Bertz CT molecular complexity index is 1100. The smallest absolute Gasteiger partial charge is 0.301 e. The molecule has 0 radical (unpaired) electrons. The summed E-state index contributed by atoms with van der Waals surface area (Å²) >= 11 is 17.4. The van der Waals surface area contributed by atoms with Crippen LogP contribution in [-0.4, -0.2) is 33.6 Å². The highest BCUT2D eigenvalue weighted by molar-refractivity contribution is 6.35. The molecule has 4 rings (SSSR count). The van der Waals surface area contributed by atoms with Gasteiger partial charge in [0.25, 0.3) is 0 Å². The van der Waals surface area contributed by atoms with Crippen molar-refractivity contribution in [1.82, 2.24) is 20.0 Å². The largest absolute Gasteiger partial charge is 0.323 e. The first-order valence-electron chi connectivity index (χ1n) is 11.0. The van der Waals surface area contributed by atoms with E-state index in [-0.39, 0.29) is 5.91 Å². The van der Waals surface area contributed by atoms with Crippen molar-refractivity contribution in [1.29, 1.82) is 0 Å². The Kier molecular flexibility index (Phi) is 9.21. The first-order valence-corrected chi connectivity index (χ1v) is 12.1. The van der Waals surface area contributed by atoms with Gasteiger partial charge in [0.1, 0.15) is 0 Å². The van der Waals surface area contributed by atoms with Crippen LogP contribution in [0.3, 0.4) is 0 Å². The average Bonchev–Trinajstić information content (AvgIpc) is 2.93. The molecule has 0 spiro atoms. The molecule has 1 aromatic heterocycles. The zero-order chi connectivity index (χ0) is 24.0. The van der Waals surface area contributed by atoms with Gasteiger partial charge in [-0.15, -0.1) is 0 Å². The Labute approximate surface area is 210 Å². The molecule has 1 aliphatic heterocycles. The van der Waals surface area contributed by atoms with Crippen LogP contribution in [0.15, 0.2) is 47.5 Å². The third-order valence-corrected chi connectivity index (χ3v) is 6.49.